The summed E-state index contributed by atoms with van der Waals surface area (Å²) in [5, 5.41) is 0. The van der Waals surface area contributed by atoms with Crippen LogP contribution in [-0.4, -0.2) is 26.0 Å². The Balaban J connectivity index is 2.50. The molecule has 1 atom stereocenters. The Bertz CT molecular complexity index is 429. The van der Waals surface area contributed by atoms with Crippen LogP contribution < -0.4 is 15.2 Å². The molecule has 4 nitrogen and oxygen atoms in total. The first-order valence-corrected chi connectivity index (χ1v) is 5.17. The molecule has 4 heteroatoms. The van der Waals surface area contributed by atoms with Crippen LogP contribution in [0.3, 0.4) is 0 Å². The summed E-state index contributed by atoms with van der Waals surface area (Å²) in [6, 6.07) is 3.32. The first kappa shape index (κ1) is 11.0. The summed E-state index contributed by atoms with van der Waals surface area (Å²) >= 11 is 0. The van der Waals surface area contributed by atoms with Crippen molar-refractivity contribution in [2.75, 3.05) is 14.2 Å². The van der Waals surface area contributed by atoms with Crippen LogP contribution in [0.5, 0.6) is 11.5 Å². The van der Waals surface area contributed by atoms with Gasteiger partial charge in [-0.25, -0.2) is 0 Å². The van der Waals surface area contributed by atoms with Crippen molar-refractivity contribution in [3.8, 4) is 11.5 Å². The summed E-state index contributed by atoms with van der Waals surface area (Å²) < 4.78 is 10.4. The van der Waals surface area contributed by atoms with Crippen LogP contribution in [0.1, 0.15) is 11.1 Å². The molecule has 0 fully saturated rings. The number of carbonyl (C=O) groups is 1. The predicted molar refractivity (Wildman–Crippen MR) is 59.9 cm³/mol. The molecular formula is C12H15NO3. The van der Waals surface area contributed by atoms with E-state index in [-0.39, 0.29) is 5.78 Å². The molecule has 1 unspecified atom stereocenters. The van der Waals surface area contributed by atoms with Crippen molar-refractivity contribution in [3.05, 3.63) is 23.3 Å². The smallest absolute Gasteiger partial charge is 0.154 e. The maximum atomic E-state index is 11.6. The lowest BCUT2D eigenvalue weighted by molar-refractivity contribution is -0.120. The molecule has 0 spiro atoms. The highest BCUT2D eigenvalue weighted by Crippen LogP contribution is 2.32. The zero-order valence-corrected chi connectivity index (χ0v) is 9.45. The minimum Gasteiger partial charge on any atom is -0.497 e. The van der Waals surface area contributed by atoms with E-state index in [1.54, 1.807) is 20.3 Å². The highest BCUT2D eigenvalue weighted by molar-refractivity contribution is 5.89. The number of ketones is 1. The van der Waals surface area contributed by atoms with Gasteiger partial charge in [-0.1, -0.05) is 0 Å². The van der Waals surface area contributed by atoms with Gasteiger partial charge in [0.15, 0.2) is 5.78 Å². The molecule has 0 amide bonds. The highest BCUT2D eigenvalue weighted by atomic mass is 16.5. The summed E-state index contributed by atoms with van der Waals surface area (Å²) in [6.45, 7) is 0. The van der Waals surface area contributed by atoms with Gasteiger partial charge in [-0.2, -0.15) is 0 Å². The van der Waals surface area contributed by atoms with E-state index in [1.807, 2.05) is 6.07 Å². The van der Waals surface area contributed by atoms with Gasteiger partial charge in [-0.05, 0) is 18.1 Å². The molecular weight excluding hydrogens is 206 g/mol. The van der Waals surface area contributed by atoms with E-state index in [4.69, 9.17) is 15.2 Å². The monoisotopic (exact) mass is 221 g/mol. The maximum Gasteiger partial charge on any atom is 0.154 e. The van der Waals surface area contributed by atoms with Crippen molar-refractivity contribution in [3.63, 3.8) is 0 Å². The number of methoxy groups -OCH3 is 2. The molecule has 2 rings (SSSR count). The van der Waals surface area contributed by atoms with Gasteiger partial charge >= 0.3 is 0 Å². The van der Waals surface area contributed by atoms with Gasteiger partial charge < -0.3 is 15.2 Å². The van der Waals surface area contributed by atoms with Crippen LogP contribution in [-0.2, 0) is 17.6 Å². The maximum absolute atomic E-state index is 11.6. The summed E-state index contributed by atoms with van der Waals surface area (Å²) in [6.07, 6.45) is 0.908. The van der Waals surface area contributed by atoms with Gasteiger partial charge in [-0.15, -0.1) is 0 Å². The van der Waals surface area contributed by atoms with Gasteiger partial charge in [0.05, 0.1) is 20.3 Å². The van der Waals surface area contributed by atoms with Gasteiger partial charge in [-0.3, -0.25) is 4.79 Å². The first-order chi connectivity index (χ1) is 7.65. The summed E-state index contributed by atoms with van der Waals surface area (Å²) in [7, 11) is 3.20. The second kappa shape index (κ2) is 4.14. The number of fused-ring (bicyclic) bond motifs is 1. The number of hydrogen-bond acceptors (Lipinski definition) is 4. The van der Waals surface area contributed by atoms with E-state index in [1.165, 1.54) is 0 Å². The topological polar surface area (TPSA) is 61.5 Å². The molecule has 1 aliphatic rings. The molecule has 0 radical (unpaired) electrons. The van der Waals surface area contributed by atoms with Crippen LogP contribution in [0.2, 0.25) is 0 Å². The fourth-order valence-corrected chi connectivity index (χ4v) is 2.01. The van der Waals surface area contributed by atoms with Crippen LogP contribution in [0, 0.1) is 0 Å². The molecule has 0 heterocycles. The van der Waals surface area contributed by atoms with E-state index >= 15 is 0 Å². The molecule has 0 aliphatic heterocycles. The van der Waals surface area contributed by atoms with Crippen molar-refractivity contribution in [1.82, 2.24) is 0 Å². The predicted octanol–water partition coefficient (Wildman–Crippen LogP) is 0.699. The molecule has 0 saturated carbocycles. The number of carbonyl (C=O) groups excluding carboxylic acids is 1. The molecule has 16 heavy (non-hydrogen) atoms. The van der Waals surface area contributed by atoms with E-state index in [2.05, 4.69) is 0 Å². The number of benzene rings is 1. The van der Waals surface area contributed by atoms with E-state index in [0.29, 0.717) is 18.6 Å². The Morgan fingerprint density at radius 2 is 2.06 bits per heavy atom. The fourth-order valence-electron chi connectivity index (χ4n) is 2.01. The third-order valence-corrected chi connectivity index (χ3v) is 2.93. The summed E-state index contributed by atoms with van der Waals surface area (Å²) in [5.74, 6) is 1.50. The van der Waals surface area contributed by atoms with Gasteiger partial charge in [0.1, 0.15) is 11.5 Å². The van der Waals surface area contributed by atoms with Crippen LogP contribution >= 0.6 is 0 Å². The molecule has 2 N–H and O–H groups in total. The van der Waals surface area contributed by atoms with Crippen LogP contribution in [0.4, 0.5) is 0 Å². The summed E-state index contributed by atoms with van der Waals surface area (Å²) in [4.78, 5) is 11.6. The Morgan fingerprint density at radius 1 is 1.31 bits per heavy atom. The number of Topliss-reactive ketones (excluding diaryl/α,β-unsaturated/α-hetero) is 1. The van der Waals surface area contributed by atoms with Gasteiger partial charge in [0.2, 0.25) is 0 Å². The normalized spacial score (nSPS) is 19.2. The Morgan fingerprint density at radius 3 is 2.69 bits per heavy atom. The lowest BCUT2D eigenvalue weighted by atomic mass is 9.87. The highest BCUT2D eigenvalue weighted by Gasteiger charge is 2.26. The molecule has 0 bridgehead atoms. The average molecular weight is 221 g/mol. The quantitative estimate of drug-likeness (QED) is 0.798. The third-order valence-electron chi connectivity index (χ3n) is 2.93. The van der Waals surface area contributed by atoms with Crippen molar-refractivity contribution < 1.29 is 14.3 Å². The molecule has 86 valence electrons. The molecule has 1 aliphatic carbocycles. The van der Waals surface area contributed by atoms with Crippen LogP contribution in [0.25, 0.3) is 0 Å². The van der Waals surface area contributed by atoms with E-state index in [0.717, 1.165) is 16.9 Å². The van der Waals surface area contributed by atoms with Gasteiger partial charge in [0, 0.05) is 18.1 Å². The third kappa shape index (κ3) is 1.76. The first-order valence-electron chi connectivity index (χ1n) is 5.17. The lowest BCUT2D eigenvalue weighted by Crippen LogP contribution is -2.37. The SMILES string of the molecule is COc1cc2c(c(OC)c1)CC(=O)C(N)C2. The number of rotatable bonds is 2. The van der Waals surface area contributed by atoms with Crippen molar-refractivity contribution in [1.29, 1.82) is 0 Å². The second-order valence-electron chi connectivity index (χ2n) is 3.92. The minimum absolute atomic E-state index is 0.0657. The Labute approximate surface area is 94.3 Å². The van der Waals surface area contributed by atoms with Crippen molar-refractivity contribution in [2.24, 2.45) is 5.73 Å². The Kier molecular flexibility index (Phi) is 2.83. The van der Waals surface area contributed by atoms with Gasteiger partial charge in [0.25, 0.3) is 0 Å². The van der Waals surface area contributed by atoms with E-state index in [9.17, 15) is 4.79 Å². The number of hydrogen-bond donors (Lipinski definition) is 1. The largest absolute Gasteiger partial charge is 0.497 e. The lowest BCUT2D eigenvalue weighted by Gasteiger charge is -2.23. The van der Waals surface area contributed by atoms with Crippen molar-refractivity contribution >= 4 is 5.78 Å². The summed E-state index contributed by atoms with van der Waals surface area (Å²) in [5.41, 5.74) is 7.73. The van der Waals surface area contributed by atoms with E-state index < -0.39 is 6.04 Å². The molecule has 0 saturated heterocycles. The van der Waals surface area contributed by atoms with Crippen LogP contribution in [0.15, 0.2) is 12.1 Å². The zero-order valence-electron chi connectivity index (χ0n) is 9.45. The number of nitrogens with two attached hydrogens (primary N) is 1. The second-order valence-corrected chi connectivity index (χ2v) is 3.92. The molecule has 0 aromatic heterocycles. The number of ether oxygens (including phenoxy) is 2. The molecule has 1 aromatic rings. The minimum atomic E-state index is -0.399. The molecule has 1 aromatic carbocycles. The van der Waals surface area contributed by atoms with Crippen molar-refractivity contribution in [2.45, 2.75) is 18.9 Å². The average Bonchev–Trinajstić information content (AvgIpc) is 2.29. The zero-order chi connectivity index (χ0) is 11.7. The Hall–Kier alpha value is -1.55. The fraction of sp³-hybridized carbons (Fsp3) is 0.417. The standard InChI is InChI=1S/C12H15NO3/c1-15-8-3-7-4-10(13)11(14)6-9(7)12(5-8)16-2/h3,5,10H,4,6,13H2,1-2H3.